The highest BCUT2D eigenvalue weighted by molar-refractivity contribution is 5.92. The monoisotopic (exact) mass is 358 g/mol. The second kappa shape index (κ2) is 7.41. The van der Waals surface area contributed by atoms with Gasteiger partial charge < -0.3 is 14.9 Å². The van der Waals surface area contributed by atoms with Crippen molar-refractivity contribution in [2.24, 2.45) is 0 Å². The van der Waals surface area contributed by atoms with Crippen molar-refractivity contribution in [2.75, 3.05) is 31.6 Å². The number of aryl methyl sites for hydroxylation is 2. The number of aromatic nitrogens is 4. The predicted octanol–water partition coefficient (Wildman–Crippen LogP) is 1.10. The number of carbonyl (C=O) groups excluding carboxylic acids is 1. The standard InChI is InChI=1S/C18H26N6O2/c1-4-24-14(2)10-15(21-24)17(25)22(3)12-18(26)6-5-9-23(13-18)16-11-19-7-8-20-16/h7-8,10-11,26H,4-6,9,12-13H2,1-3H3. The molecule has 26 heavy (non-hydrogen) atoms. The van der Waals surface area contributed by atoms with Gasteiger partial charge in [0.2, 0.25) is 0 Å². The van der Waals surface area contributed by atoms with Gasteiger partial charge in [-0.1, -0.05) is 0 Å². The summed E-state index contributed by atoms with van der Waals surface area (Å²) in [5, 5.41) is 15.4. The molecule has 0 saturated carbocycles. The van der Waals surface area contributed by atoms with Crippen molar-refractivity contribution >= 4 is 11.7 Å². The van der Waals surface area contributed by atoms with Crippen LogP contribution in [0.25, 0.3) is 0 Å². The molecule has 3 heterocycles. The first kappa shape index (κ1) is 18.3. The Morgan fingerprint density at radius 1 is 1.42 bits per heavy atom. The number of anilines is 1. The van der Waals surface area contributed by atoms with Crippen molar-refractivity contribution < 1.29 is 9.90 Å². The molecule has 1 amide bonds. The lowest BCUT2D eigenvalue weighted by Crippen LogP contribution is -2.55. The third-order valence-electron chi connectivity index (χ3n) is 4.81. The normalized spacial score (nSPS) is 20.2. The molecule has 0 bridgehead atoms. The summed E-state index contributed by atoms with van der Waals surface area (Å²) in [6, 6.07) is 1.79. The van der Waals surface area contributed by atoms with Crippen LogP contribution in [-0.2, 0) is 6.54 Å². The van der Waals surface area contributed by atoms with E-state index in [9.17, 15) is 9.90 Å². The number of rotatable bonds is 5. The molecule has 0 spiro atoms. The Morgan fingerprint density at radius 3 is 2.88 bits per heavy atom. The van der Waals surface area contributed by atoms with Gasteiger partial charge in [0.05, 0.1) is 18.3 Å². The molecule has 0 aliphatic carbocycles. The minimum atomic E-state index is -0.984. The highest BCUT2D eigenvalue weighted by Crippen LogP contribution is 2.25. The number of amides is 1. The summed E-state index contributed by atoms with van der Waals surface area (Å²) < 4.78 is 1.80. The van der Waals surface area contributed by atoms with E-state index in [1.807, 2.05) is 18.7 Å². The average Bonchev–Trinajstić information content (AvgIpc) is 3.02. The van der Waals surface area contributed by atoms with Crippen LogP contribution in [0.3, 0.4) is 0 Å². The summed E-state index contributed by atoms with van der Waals surface area (Å²) in [6.07, 6.45) is 6.44. The number of aliphatic hydroxyl groups is 1. The van der Waals surface area contributed by atoms with Gasteiger partial charge in [-0.3, -0.25) is 14.5 Å². The molecule has 1 unspecified atom stereocenters. The fourth-order valence-corrected chi connectivity index (χ4v) is 3.54. The molecule has 1 aliphatic rings. The number of likely N-dealkylation sites (N-methyl/N-ethyl adjacent to an activating group) is 1. The molecule has 8 heteroatoms. The van der Waals surface area contributed by atoms with Crippen LogP contribution in [0.2, 0.25) is 0 Å². The maximum Gasteiger partial charge on any atom is 0.274 e. The number of β-amino-alcohol motifs (C(OH)–C–C–N with tert-alkyl or cyclic N) is 1. The SMILES string of the molecule is CCn1nc(C(=O)N(C)CC2(O)CCCN(c3cnccn3)C2)cc1C. The second-order valence-corrected chi connectivity index (χ2v) is 6.96. The molecule has 8 nitrogen and oxygen atoms in total. The number of hydrogen-bond donors (Lipinski definition) is 1. The van der Waals surface area contributed by atoms with E-state index < -0.39 is 5.60 Å². The summed E-state index contributed by atoms with van der Waals surface area (Å²) >= 11 is 0. The van der Waals surface area contributed by atoms with Crippen molar-refractivity contribution in [3.63, 3.8) is 0 Å². The Morgan fingerprint density at radius 2 is 2.23 bits per heavy atom. The molecule has 0 aromatic carbocycles. The maximum atomic E-state index is 12.7. The van der Waals surface area contributed by atoms with Crippen LogP contribution in [0.15, 0.2) is 24.7 Å². The van der Waals surface area contributed by atoms with Crippen molar-refractivity contribution in [1.82, 2.24) is 24.6 Å². The molecular weight excluding hydrogens is 332 g/mol. The van der Waals surface area contributed by atoms with Gasteiger partial charge in [-0.2, -0.15) is 5.10 Å². The lowest BCUT2D eigenvalue weighted by atomic mass is 9.92. The van der Waals surface area contributed by atoms with Gasteiger partial charge in [0.25, 0.3) is 5.91 Å². The molecule has 2 aromatic heterocycles. The van der Waals surface area contributed by atoms with Gasteiger partial charge in [-0.25, -0.2) is 4.98 Å². The first-order chi connectivity index (χ1) is 12.4. The van der Waals surface area contributed by atoms with Gasteiger partial charge >= 0.3 is 0 Å². The molecular formula is C18H26N6O2. The van der Waals surface area contributed by atoms with Gasteiger partial charge in [0.15, 0.2) is 5.69 Å². The quantitative estimate of drug-likeness (QED) is 0.861. The fourth-order valence-electron chi connectivity index (χ4n) is 3.54. The second-order valence-electron chi connectivity index (χ2n) is 6.96. The highest BCUT2D eigenvalue weighted by atomic mass is 16.3. The molecule has 1 saturated heterocycles. The summed E-state index contributed by atoms with van der Waals surface area (Å²) in [7, 11) is 1.71. The summed E-state index contributed by atoms with van der Waals surface area (Å²) in [4.78, 5) is 24.7. The topological polar surface area (TPSA) is 87.4 Å². The van der Waals surface area contributed by atoms with E-state index in [1.54, 1.807) is 41.3 Å². The van der Waals surface area contributed by atoms with E-state index in [1.165, 1.54) is 0 Å². The van der Waals surface area contributed by atoms with Crippen molar-refractivity contribution in [3.05, 3.63) is 36.0 Å². The van der Waals surface area contributed by atoms with Crippen molar-refractivity contribution in [2.45, 2.75) is 38.8 Å². The zero-order chi connectivity index (χ0) is 18.7. The predicted molar refractivity (Wildman–Crippen MR) is 98.0 cm³/mol. The van der Waals surface area contributed by atoms with E-state index in [0.717, 1.165) is 31.0 Å². The van der Waals surface area contributed by atoms with Gasteiger partial charge in [0.1, 0.15) is 5.82 Å². The Bertz CT molecular complexity index is 762. The van der Waals surface area contributed by atoms with Crippen LogP contribution in [0.4, 0.5) is 5.82 Å². The number of piperidine rings is 1. The molecule has 140 valence electrons. The average molecular weight is 358 g/mol. The van der Waals surface area contributed by atoms with Gasteiger partial charge in [-0.15, -0.1) is 0 Å². The molecule has 1 N–H and O–H groups in total. The van der Waals surface area contributed by atoms with Crippen LogP contribution in [0, 0.1) is 6.92 Å². The summed E-state index contributed by atoms with van der Waals surface area (Å²) in [5.74, 6) is 0.572. The Kier molecular flexibility index (Phi) is 5.22. The van der Waals surface area contributed by atoms with Gasteiger partial charge in [-0.05, 0) is 32.8 Å². The number of nitrogens with zero attached hydrogens (tertiary/aromatic N) is 6. The Hall–Kier alpha value is -2.48. The number of hydrogen-bond acceptors (Lipinski definition) is 6. The van der Waals surface area contributed by atoms with Crippen LogP contribution in [0.5, 0.6) is 0 Å². The third kappa shape index (κ3) is 3.85. The maximum absolute atomic E-state index is 12.7. The minimum absolute atomic E-state index is 0.176. The lowest BCUT2D eigenvalue weighted by Gasteiger charge is -2.41. The van der Waals surface area contributed by atoms with E-state index in [4.69, 9.17) is 0 Å². The molecule has 1 aliphatic heterocycles. The zero-order valence-electron chi connectivity index (χ0n) is 15.6. The molecule has 0 radical (unpaired) electrons. The Labute approximate surface area is 153 Å². The molecule has 2 aromatic rings. The first-order valence-electron chi connectivity index (χ1n) is 8.95. The van der Waals surface area contributed by atoms with E-state index in [-0.39, 0.29) is 12.5 Å². The number of carbonyl (C=O) groups is 1. The molecule has 1 atom stereocenters. The van der Waals surface area contributed by atoms with Crippen molar-refractivity contribution in [3.8, 4) is 0 Å². The molecule has 3 rings (SSSR count). The van der Waals surface area contributed by atoms with E-state index in [2.05, 4.69) is 15.1 Å². The fraction of sp³-hybridized carbons (Fsp3) is 0.556. The van der Waals surface area contributed by atoms with E-state index in [0.29, 0.717) is 18.7 Å². The van der Waals surface area contributed by atoms with Crippen LogP contribution in [-0.4, -0.2) is 67.9 Å². The first-order valence-corrected chi connectivity index (χ1v) is 8.95. The summed E-state index contributed by atoms with van der Waals surface area (Å²) in [5.41, 5.74) is 0.384. The van der Waals surface area contributed by atoms with Crippen LogP contribution >= 0.6 is 0 Å². The largest absolute Gasteiger partial charge is 0.386 e. The van der Waals surface area contributed by atoms with Gasteiger partial charge in [0, 0.05) is 44.8 Å². The van der Waals surface area contributed by atoms with Crippen molar-refractivity contribution in [1.29, 1.82) is 0 Å². The summed E-state index contributed by atoms with van der Waals surface area (Å²) in [6.45, 7) is 6.13. The van der Waals surface area contributed by atoms with Crippen LogP contribution in [0.1, 0.15) is 35.9 Å². The Balaban J connectivity index is 1.68. The zero-order valence-corrected chi connectivity index (χ0v) is 15.6. The lowest BCUT2D eigenvalue weighted by molar-refractivity contribution is -0.000308. The van der Waals surface area contributed by atoms with E-state index >= 15 is 0 Å². The third-order valence-corrected chi connectivity index (χ3v) is 4.81. The minimum Gasteiger partial charge on any atom is -0.386 e. The smallest absolute Gasteiger partial charge is 0.274 e. The van der Waals surface area contributed by atoms with Crippen LogP contribution < -0.4 is 4.90 Å². The highest BCUT2D eigenvalue weighted by Gasteiger charge is 2.36. The molecule has 1 fully saturated rings.